The fraction of sp³-hybridized carbons (Fsp3) is 0.529. The van der Waals surface area contributed by atoms with E-state index >= 15 is 0 Å². The Morgan fingerprint density at radius 2 is 1.55 bits per heavy atom. The number of amides is 1. The van der Waals surface area contributed by atoms with Crippen molar-refractivity contribution < 1.29 is 14.3 Å². The normalized spacial score (nSPS) is 12.9. The summed E-state index contributed by atoms with van der Waals surface area (Å²) in [5, 5.41) is 5.21. The predicted molar refractivity (Wildman–Crippen MR) is 169 cm³/mol. The van der Waals surface area contributed by atoms with Crippen LogP contribution in [0.15, 0.2) is 53.6 Å². The van der Waals surface area contributed by atoms with Crippen molar-refractivity contribution >= 4 is 29.1 Å². The maximum Gasteiger partial charge on any atom is 0.255 e. The lowest BCUT2D eigenvalue weighted by Gasteiger charge is -2.21. The number of para-hydroxylation sites is 1. The van der Waals surface area contributed by atoms with Gasteiger partial charge in [0.25, 0.3) is 5.91 Å². The molecule has 0 aromatic heterocycles. The fourth-order valence-corrected chi connectivity index (χ4v) is 5.91. The van der Waals surface area contributed by atoms with E-state index in [4.69, 9.17) is 4.74 Å². The second kappa shape index (κ2) is 17.9. The third-order valence-electron chi connectivity index (χ3n) is 7.49. The summed E-state index contributed by atoms with van der Waals surface area (Å²) in [6.45, 7) is 7.20. The zero-order chi connectivity index (χ0) is 28.6. The summed E-state index contributed by atoms with van der Waals surface area (Å²) < 4.78 is 5.98. The highest BCUT2D eigenvalue weighted by atomic mass is 32.2. The Morgan fingerprint density at radius 3 is 2.17 bits per heavy atom. The molecular weight excluding hydrogens is 516 g/mol. The van der Waals surface area contributed by atoms with Crippen molar-refractivity contribution in [1.29, 1.82) is 0 Å². The molecule has 2 aromatic rings. The maximum atomic E-state index is 13.1. The van der Waals surface area contributed by atoms with Gasteiger partial charge in [0.15, 0.2) is 5.78 Å². The molecule has 1 heterocycles. The van der Waals surface area contributed by atoms with Gasteiger partial charge in [-0.3, -0.25) is 9.59 Å². The number of hydrogen-bond acceptors (Lipinski definition) is 5. The van der Waals surface area contributed by atoms with Crippen molar-refractivity contribution in [2.75, 3.05) is 17.8 Å². The van der Waals surface area contributed by atoms with Gasteiger partial charge in [0.1, 0.15) is 5.75 Å². The monoisotopic (exact) mass is 564 g/mol. The number of Topliss-reactive ketones (excluding diaryl/α,β-unsaturated/α-hetero) is 1. The van der Waals surface area contributed by atoms with Crippen LogP contribution in [0.2, 0.25) is 0 Å². The van der Waals surface area contributed by atoms with Gasteiger partial charge < -0.3 is 15.0 Å². The van der Waals surface area contributed by atoms with Gasteiger partial charge in [-0.1, -0.05) is 95.8 Å². The highest BCUT2D eigenvalue weighted by Gasteiger charge is 2.17. The number of ether oxygens (including phenoxy) is 1. The summed E-state index contributed by atoms with van der Waals surface area (Å²) in [6, 6.07) is 13.0. The number of nitrogens with one attached hydrogen (secondary N) is 1. The molecule has 0 unspecified atom stereocenters. The van der Waals surface area contributed by atoms with Crippen molar-refractivity contribution in [2.45, 2.75) is 104 Å². The topological polar surface area (TPSA) is 58.6 Å². The van der Waals surface area contributed by atoms with Crippen molar-refractivity contribution in [3.8, 4) is 5.75 Å². The number of unbranched alkanes of at least 4 members (excludes halogenated alkanes) is 11. The number of anilines is 1. The lowest BCUT2D eigenvalue weighted by Crippen LogP contribution is -2.19. The molecule has 1 aliphatic rings. The van der Waals surface area contributed by atoms with Gasteiger partial charge in [-0.15, -0.1) is 11.8 Å². The summed E-state index contributed by atoms with van der Waals surface area (Å²) >= 11 is 1.78. The van der Waals surface area contributed by atoms with E-state index < -0.39 is 0 Å². The van der Waals surface area contributed by atoms with Crippen LogP contribution >= 0.6 is 11.8 Å². The Labute approximate surface area is 246 Å². The molecule has 2 aromatic carbocycles. The lowest BCUT2D eigenvalue weighted by atomic mass is 10.0. The van der Waals surface area contributed by atoms with Crippen molar-refractivity contribution in [3.63, 3.8) is 0 Å². The Kier molecular flexibility index (Phi) is 14.2. The summed E-state index contributed by atoms with van der Waals surface area (Å²) in [5.74, 6) is 1.14. The molecule has 0 spiro atoms. The van der Waals surface area contributed by atoms with Crippen LogP contribution in [0.3, 0.4) is 0 Å². The van der Waals surface area contributed by atoms with E-state index in [-0.39, 0.29) is 11.7 Å². The van der Waals surface area contributed by atoms with E-state index in [0.29, 0.717) is 23.5 Å². The van der Waals surface area contributed by atoms with Gasteiger partial charge in [0.2, 0.25) is 0 Å². The highest BCUT2D eigenvalue weighted by molar-refractivity contribution is 8.02. The smallest absolute Gasteiger partial charge is 0.255 e. The number of carbonyl (C=O) groups excluding carboxylic acids is 2. The number of thioether (sulfide) groups is 1. The first-order valence-corrected chi connectivity index (χ1v) is 16.2. The average molecular weight is 565 g/mol. The SMILES string of the molecule is CCCCCCCCCCCCCCOc1ccc(C(=O)Nc2ccccc2CN2CSC=C2C)cc1C(C)=O. The number of nitrogens with zero attached hydrogens (tertiary/aromatic N) is 1. The van der Waals surface area contributed by atoms with E-state index in [1.54, 1.807) is 30.0 Å². The number of carbonyl (C=O) groups is 2. The molecule has 5 nitrogen and oxygen atoms in total. The molecule has 0 saturated heterocycles. The molecule has 1 amide bonds. The van der Waals surface area contributed by atoms with Crippen LogP contribution in [0.1, 0.15) is 124 Å². The quantitative estimate of drug-likeness (QED) is 0.136. The Balaban J connectivity index is 1.43. The van der Waals surface area contributed by atoms with Crippen molar-refractivity contribution in [3.05, 3.63) is 70.3 Å². The first kappa shape index (κ1) is 31.8. The third kappa shape index (κ3) is 10.7. The van der Waals surface area contributed by atoms with Crippen LogP contribution in [-0.2, 0) is 6.54 Å². The Morgan fingerprint density at radius 1 is 0.900 bits per heavy atom. The third-order valence-corrected chi connectivity index (χ3v) is 8.45. The van der Waals surface area contributed by atoms with Crippen LogP contribution in [-0.4, -0.2) is 29.1 Å². The minimum atomic E-state index is -0.231. The molecule has 0 atom stereocenters. The van der Waals surface area contributed by atoms with Crippen LogP contribution in [0.5, 0.6) is 5.75 Å². The highest BCUT2D eigenvalue weighted by Crippen LogP contribution is 2.28. The minimum Gasteiger partial charge on any atom is -0.493 e. The van der Waals surface area contributed by atoms with Gasteiger partial charge in [-0.05, 0) is 55.5 Å². The summed E-state index contributed by atoms with van der Waals surface area (Å²) in [6.07, 6.45) is 15.5. The van der Waals surface area contributed by atoms with Gasteiger partial charge in [-0.2, -0.15) is 0 Å². The molecule has 0 fully saturated rings. The Bertz CT molecular complexity index is 1110. The van der Waals surface area contributed by atoms with Gasteiger partial charge in [0.05, 0.1) is 18.0 Å². The zero-order valence-electron chi connectivity index (χ0n) is 24.8. The number of benzene rings is 2. The van der Waals surface area contributed by atoms with E-state index in [1.165, 1.54) is 76.8 Å². The molecule has 3 rings (SSSR count). The van der Waals surface area contributed by atoms with Gasteiger partial charge in [0, 0.05) is 23.5 Å². The summed E-state index contributed by atoms with van der Waals surface area (Å²) in [4.78, 5) is 27.8. The molecule has 0 radical (unpaired) electrons. The first-order chi connectivity index (χ1) is 19.5. The molecule has 218 valence electrons. The molecule has 0 bridgehead atoms. The molecular formula is C34H48N2O3S. The number of allylic oxidation sites excluding steroid dienone is 1. The number of ketones is 1. The lowest BCUT2D eigenvalue weighted by molar-refractivity contribution is 0.101. The number of hydrogen-bond donors (Lipinski definition) is 1. The fourth-order valence-electron chi connectivity index (χ4n) is 4.97. The summed E-state index contributed by atoms with van der Waals surface area (Å²) in [5.41, 5.74) is 3.98. The van der Waals surface area contributed by atoms with E-state index in [2.05, 4.69) is 29.5 Å². The molecule has 0 saturated carbocycles. The van der Waals surface area contributed by atoms with E-state index in [0.717, 1.165) is 36.5 Å². The summed E-state index contributed by atoms with van der Waals surface area (Å²) in [7, 11) is 0. The molecule has 40 heavy (non-hydrogen) atoms. The largest absolute Gasteiger partial charge is 0.493 e. The predicted octanol–water partition coefficient (Wildman–Crippen LogP) is 9.59. The minimum absolute atomic E-state index is 0.103. The molecule has 6 heteroatoms. The van der Waals surface area contributed by atoms with Crippen LogP contribution < -0.4 is 10.1 Å². The van der Waals surface area contributed by atoms with Crippen LogP contribution in [0.25, 0.3) is 0 Å². The maximum absolute atomic E-state index is 13.1. The van der Waals surface area contributed by atoms with Crippen LogP contribution in [0.4, 0.5) is 5.69 Å². The second-order valence-electron chi connectivity index (χ2n) is 10.9. The molecule has 0 aliphatic carbocycles. The Hall–Kier alpha value is -2.73. The van der Waals surface area contributed by atoms with Gasteiger partial charge in [-0.25, -0.2) is 0 Å². The van der Waals surface area contributed by atoms with Crippen molar-refractivity contribution in [1.82, 2.24) is 4.90 Å². The average Bonchev–Trinajstić information content (AvgIpc) is 3.36. The molecule has 1 N–H and O–H groups in total. The van der Waals surface area contributed by atoms with Gasteiger partial charge >= 0.3 is 0 Å². The zero-order valence-corrected chi connectivity index (χ0v) is 25.6. The first-order valence-electron chi connectivity index (χ1n) is 15.2. The van der Waals surface area contributed by atoms with E-state index in [9.17, 15) is 9.59 Å². The van der Waals surface area contributed by atoms with Crippen molar-refractivity contribution in [2.24, 2.45) is 0 Å². The standard InChI is InChI=1S/C34H48N2O3S/c1-4-5-6-7-8-9-10-11-12-13-14-17-22-39-33-21-20-29(23-31(33)28(3)37)34(38)35-32-19-16-15-18-30(32)24-36-26-40-25-27(36)2/h15-16,18-21,23,25H,4-14,17,22,24,26H2,1-3H3,(H,35,38). The second-order valence-corrected chi connectivity index (χ2v) is 11.7. The molecule has 1 aliphatic heterocycles. The van der Waals surface area contributed by atoms with Crippen LogP contribution in [0, 0.1) is 0 Å². The van der Waals surface area contributed by atoms with E-state index in [1.807, 2.05) is 24.3 Å². The number of rotatable bonds is 19.